The Morgan fingerprint density at radius 2 is 1.68 bits per heavy atom. The summed E-state index contributed by atoms with van der Waals surface area (Å²) in [6, 6.07) is 6.39. The molecule has 100 valence electrons. The summed E-state index contributed by atoms with van der Waals surface area (Å²) in [6.07, 6.45) is -1.53. The van der Waals surface area contributed by atoms with E-state index in [-0.39, 0.29) is 21.7 Å². The first-order chi connectivity index (χ1) is 8.93. The molecule has 0 saturated heterocycles. The Bertz CT molecular complexity index is 628. The molecule has 0 amide bonds. The van der Waals surface area contributed by atoms with Gasteiger partial charge in [-0.25, -0.2) is 13.2 Å². The van der Waals surface area contributed by atoms with Crippen molar-refractivity contribution in [1.29, 1.82) is 0 Å². The fourth-order valence-electron chi connectivity index (χ4n) is 1.77. The molecule has 0 spiro atoms. The molecule has 0 fully saturated rings. The van der Waals surface area contributed by atoms with Crippen molar-refractivity contribution >= 4 is 11.6 Å². The van der Waals surface area contributed by atoms with E-state index in [1.165, 1.54) is 31.2 Å². The minimum Gasteiger partial charge on any atom is -0.383 e. The van der Waals surface area contributed by atoms with Gasteiger partial charge in [0.2, 0.25) is 0 Å². The van der Waals surface area contributed by atoms with Gasteiger partial charge in [-0.15, -0.1) is 0 Å². The molecule has 0 bridgehead atoms. The Hall–Kier alpha value is -1.52. The largest absolute Gasteiger partial charge is 0.383 e. The lowest BCUT2D eigenvalue weighted by atomic mass is 9.99. The molecule has 1 N–H and O–H groups in total. The number of aryl methyl sites for hydroxylation is 1. The first kappa shape index (κ1) is 13.9. The topological polar surface area (TPSA) is 20.2 Å². The second-order valence-electron chi connectivity index (χ2n) is 4.15. The second-order valence-corrected chi connectivity index (χ2v) is 4.52. The molecule has 19 heavy (non-hydrogen) atoms. The van der Waals surface area contributed by atoms with Gasteiger partial charge < -0.3 is 5.11 Å². The van der Waals surface area contributed by atoms with Gasteiger partial charge in [-0.1, -0.05) is 35.9 Å². The van der Waals surface area contributed by atoms with Crippen molar-refractivity contribution in [2.75, 3.05) is 0 Å². The molecule has 2 rings (SSSR count). The van der Waals surface area contributed by atoms with Crippen LogP contribution in [0.15, 0.2) is 30.3 Å². The highest BCUT2D eigenvalue weighted by Crippen LogP contribution is 2.32. The number of hydrogen-bond acceptors (Lipinski definition) is 1. The number of hydrogen-bond donors (Lipinski definition) is 1. The molecule has 1 nitrogen and oxygen atoms in total. The van der Waals surface area contributed by atoms with Crippen LogP contribution in [0.5, 0.6) is 0 Å². The molecule has 0 heterocycles. The van der Waals surface area contributed by atoms with Crippen molar-refractivity contribution in [3.05, 3.63) is 69.5 Å². The van der Waals surface area contributed by atoms with Gasteiger partial charge >= 0.3 is 0 Å². The summed E-state index contributed by atoms with van der Waals surface area (Å²) in [7, 11) is 0. The van der Waals surface area contributed by atoms with Crippen molar-refractivity contribution in [3.8, 4) is 0 Å². The molecule has 1 atom stereocenters. The standard InChI is InChI=1S/C14H10ClF3O/c1-7-5-6-9(13(18)12(7)17)14(19)8-3-2-4-10(16)11(8)15/h2-6,14,19H,1H3. The van der Waals surface area contributed by atoms with Crippen LogP contribution in [0.1, 0.15) is 22.8 Å². The normalized spacial score (nSPS) is 12.5. The highest BCUT2D eigenvalue weighted by molar-refractivity contribution is 6.31. The van der Waals surface area contributed by atoms with E-state index < -0.39 is 23.6 Å². The molecule has 0 aliphatic heterocycles. The summed E-state index contributed by atoms with van der Waals surface area (Å²) in [4.78, 5) is 0. The zero-order valence-corrected chi connectivity index (χ0v) is 10.7. The molecule has 0 aliphatic carbocycles. The van der Waals surface area contributed by atoms with Crippen LogP contribution in [0, 0.1) is 24.4 Å². The van der Waals surface area contributed by atoms with Crippen molar-refractivity contribution in [3.63, 3.8) is 0 Å². The maximum atomic E-state index is 13.8. The highest BCUT2D eigenvalue weighted by atomic mass is 35.5. The highest BCUT2D eigenvalue weighted by Gasteiger charge is 2.22. The van der Waals surface area contributed by atoms with Gasteiger partial charge in [-0.2, -0.15) is 0 Å². The number of rotatable bonds is 2. The van der Waals surface area contributed by atoms with Crippen LogP contribution in [0.2, 0.25) is 5.02 Å². The first-order valence-corrected chi connectivity index (χ1v) is 5.87. The van der Waals surface area contributed by atoms with E-state index in [2.05, 4.69) is 0 Å². The lowest BCUT2D eigenvalue weighted by Gasteiger charge is -2.15. The summed E-state index contributed by atoms with van der Waals surface area (Å²) in [5.41, 5.74) is -0.168. The predicted octanol–water partition coefficient (Wildman–Crippen LogP) is 4.15. The van der Waals surface area contributed by atoms with Gasteiger partial charge in [0.25, 0.3) is 0 Å². The second kappa shape index (κ2) is 5.23. The number of aliphatic hydroxyl groups excluding tert-OH is 1. The fourth-order valence-corrected chi connectivity index (χ4v) is 2.00. The van der Waals surface area contributed by atoms with Gasteiger partial charge in [0.05, 0.1) is 5.02 Å². The van der Waals surface area contributed by atoms with Gasteiger partial charge in [0, 0.05) is 11.1 Å². The maximum Gasteiger partial charge on any atom is 0.165 e. The number of aliphatic hydroxyl groups is 1. The summed E-state index contributed by atoms with van der Waals surface area (Å²) < 4.78 is 40.5. The molecule has 5 heteroatoms. The van der Waals surface area contributed by atoms with Crippen molar-refractivity contribution < 1.29 is 18.3 Å². The van der Waals surface area contributed by atoms with Crippen molar-refractivity contribution in [2.45, 2.75) is 13.0 Å². The van der Waals surface area contributed by atoms with E-state index in [1.807, 2.05) is 0 Å². The molecule has 0 saturated carbocycles. The first-order valence-electron chi connectivity index (χ1n) is 5.50. The van der Waals surface area contributed by atoms with Crippen LogP contribution in [0.25, 0.3) is 0 Å². The van der Waals surface area contributed by atoms with E-state index in [0.29, 0.717) is 0 Å². The lowest BCUT2D eigenvalue weighted by molar-refractivity contribution is 0.213. The summed E-state index contributed by atoms with van der Waals surface area (Å²) in [5, 5.41) is 9.73. The zero-order chi connectivity index (χ0) is 14.2. The van der Waals surface area contributed by atoms with Crippen molar-refractivity contribution in [1.82, 2.24) is 0 Å². The number of halogens is 4. The minimum absolute atomic E-state index is 0.0104. The van der Waals surface area contributed by atoms with Crippen LogP contribution in [-0.2, 0) is 0 Å². The Labute approximate surface area is 113 Å². The van der Waals surface area contributed by atoms with Crippen LogP contribution < -0.4 is 0 Å². The Balaban J connectivity index is 2.53. The number of benzene rings is 2. The Morgan fingerprint density at radius 1 is 1.00 bits per heavy atom. The molecule has 1 unspecified atom stereocenters. The van der Waals surface area contributed by atoms with E-state index in [4.69, 9.17) is 11.6 Å². The van der Waals surface area contributed by atoms with E-state index >= 15 is 0 Å². The average molecular weight is 287 g/mol. The van der Waals surface area contributed by atoms with Gasteiger partial charge in [0.15, 0.2) is 11.6 Å². The van der Waals surface area contributed by atoms with Crippen molar-refractivity contribution in [2.24, 2.45) is 0 Å². The lowest BCUT2D eigenvalue weighted by Crippen LogP contribution is -2.06. The van der Waals surface area contributed by atoms with Crippen LogP contribution in [0.4, 0.5) is 13.2 Å². The van der Waals surface area contributed by atoms with Crippen LogP contribution in [0.3, 0.4) is 0 Å². The van der Waals surface area contributed by atoms with Gasteiger partial charge in [-0.05, 0) is 18.6 Å². The molecule has 0 aromatic heterocycles. The molecular formula is C14H10ClF3O. The average Bonchev–Trinajstić information content (AvgIpc) is 2.39. The summed E-state index contributed by atoms with van der Waals surface area (Å²) in [5.74, 6) is -2.93. The quantitative estimate of drug-likeness (QED) is 0.879. The van der Waals surface area contributed by atoms with Gasteiger partial charge in [0.1, 0.15) is 11.9 Å². The summed E-state index contributed by atoms with van der Waals surface area (Å²) in [6.45, 7) is 1.41. The molecular weight excluding hydrogens is 277 g/mol. The molecule has 2 aromatic carbocycles. The smallest absolute Gasteiger partial charge is 0.165 e. The monoisotopic (exact) mass is 286 g/mol. The minimum atomic E-state index is -1.53. The Kier molecular flexibility index (Phi) is 3.83. The van der Waals surface area contributed by atoms with E-state index in [0.717, 1.165) is 6.07 Å². The molecule has 0 aliphatic rings. The van der Waals surface area contributed by atoms with E-state index in [1.54, 1.807) is 0 Å². The maximum absolute atomic E-state index is 13.8. The van der Waals surface area contributed by atoms with Crippen LogP contribution in [-0.4, -0.2) is 5.11 Å². The van der Waals surface area contributed by atoms with Crippen LogP contribution >= 0.6 is 11.6 Å². The van der Waals surface area contributed by atoms with E-state index in [9.17, 15) is 18.3 Å². The fraction of sp³-hybridized carbons (Fsp3) is 0.143. The molecule has 0 radical (unpaired) electrons. The summed E-state index contributed by atoms with van der Waals surface area (Å²) >= 11 is 5.71. The molecule has 2 aromatic rings. The third-order valence-electron chi connectivity index (χ3n) is 2.88. The Morgan fingerprint density at radius 3 is 2.37 bits per heavy atom. The van der Waals surface area contributed by atoms with Gasteiger partial charge in [-0.3, -0.25) is 0 Å². The zero-order valence-electron chi connectivity index (χ0n) is 9.92. The predicted molar refractivity (Wildman–Crippen MR) is 66.6 cm³/mol. The third-order valence-corrected chi connectivity index (χ3v) is 3.27. The third kappa shape index (κ3) is 2.46. The SMILES string of the molecule is Cc1ccc(C(O)c2cccc(F)c2Cl)c(F)c1F.